The number of ether oxygens (including phenoxy) is 1. The summed E-state index contributed by atoms with van der Waals surface area (Å²) in [6.45, 7) is 4.01. The summed E-state index contributed by atoms with van der Waals surface area (Å²) in [5.74, 6) is 0.254. The maximum absolute atomic E-state index is 12.9. The van der Waals surface area contributed by atoms with Crippen molar-refractivity contribution in [1.82, 2.24) is 5.32 Å². The predicted octanol–water partition coefficient (Wildman–Crippen LogP) is 2.86. The lowest BCUT2D eigenvalue weighted by Gasteiger charge is -2.39. The topological polar surface area (TPSA) is 38.3 Å². The summed E-state index contributed by atoms with van der Waals surface area (Å²) in [5, 5.41) is 3.37. The van der Waals surface area contributed by atoms with Crippen LogP contribution >= 0.6 is 0 Å². The van der Waals surface area contributed by atoms with Crippen LogP contribution < -0.4 is 5.32 Å². The molecule has 0 spiro atoms. The van der Waals surface area contributed by atoms with Crippen molar-refractivity contribution >= 4 is 5.97 Å². The highest BCUT2D eigenvalue weighted by atomic mass is 19.1. The molecule has 1 aromatic rings. The van der Waals surface area contributed by atoms with E-state index >= 15 is 0 Å². The van der Waals surface area contributed by atoms with Gasteiger partial charge in [-0.15, -0.1) is 0 Å². The second-order valence-corrected chi connectivity index (χ2v) is 5.83. The Morgan fingerprint density at radius 2 is 1.90 bits per heavy atom. The number of halogens is 1. The molecule has 4 heteroatoms. The fourth-order valence-electron chi connectivity index (χ4n) is 2.67. The van der Waals surface area contributed by atoms with E-state index in [9.17, 15) is 9.18 Å². The number of hydrogen-bond donors (Lipinski definition) is 1. The number of carbonyl (C=O) groups excluding carboxylic acids is 1. The molecule has 1 unspecified atom stereocenters. The molecule has 1 atom stereocenters. The van der Waals surface area contributed by atoms with E-state index in [4.69, 9.17) is 4.74 Å². The SMILES string of the molecule is COC(=O)C(NC1CC(c2ccc(F)cc2)C1)C(C)C. The van der Waals surface area contributed by atoms with Crippen molar-refractivity contribution in [1.29, 1.82) is 0 Å². The maximum atomic E-state index is 12.9. The van der Waals surface area contributed by atoms with Crippen LogP contribution in [-0.4, -0.2) is 25.2 Å². The Balaban J connectivity index is 1.86. The molecule has 0 bridgehead atoms. The molecule has 1 N–H and O–H groups in total. The van der Waals surface area contributed by atoms with Gasteiger partial charge in [-0.1, -0.05) is 26.0 Å². The molecule has 1 saturated carbocycles. The van der Waals surface area contributed by atoms with Crippen LogP contribution in [0.3, 0.4) is 0 Å². The fraction of sp³-hybridized carbons (Fsp3) is 0.562. The van der Waals surface area contributed by atoms with Crippen molar-refractivity contribution < 1.29 is 13.9 Å². The molecule has 1 fully saturated rings. The van der Waals surface area contributed by atoms with Gasteiger partial charge in [-0.3, -0.25) is 4.79 Å². The Hall–Kier alpha value is -1.42. The molecule has 0 amide bonds. The van der Waals surface area contributed by atoms with Crippen molar-refractivity contribution in [3.05, 3.63) is 35.6 Å². The Bertz CT molecular complexity index is 452. The van der Waals surface area contributed by atoms with Crippen molar-refractivity contribution in [2.24, 2.45) is 5.92 Å². The number of carbonyl (C=O) groups is 1. The first-order chi connectivity index (χ1) is 9.51. The third-order valence-electron chi connectivity index (χ3n) is 4.02. The summed E-state index contributed by atoms with van der Waals surface area (Å²) in [6, 6.07) is 6.77. The fourth-order valence-corrected chi connectivity index (χ4v) is 2.67. The van der Waals surface area contributed by atoms with Crippen LogP contribution in [0.1, 0.15) is 38.2 Å². The summed E-state index contributed by atoms with van der Waals surface area (Å²) in [6.07, 6.45) is 1.96. The summed E-state index contributed by atoms with van der Waals surface area (Å²) in [4.78, 5) is 11.7. The zero-order valence-electron chi connectivity index (χ0n) is 12.2. The van der Waals surface area contributed by atoms with Gasteiger partial charge in [0.05, 0.1) is 7.11 Å². The van der Waals surface area contributed by atoms with Gasteiger partial charge in [0.1, 0.15) is 11.9 Å². The Kier molecular flexibility index (Phi) is 4.76. The zero-order chi connectivity index (χ0) is 14.7. The van der Waals surface area contributed by atoms with Gasteiger partial charge in [-0.2, -0.15) is 0 Å². The normalized spacial score (nSPS) is 23.2. The van der Waals surface area contributed by atoms with Crippen LogP contribution in [0.5, 0.6) is 0 Å². The van der Waals surface area contributed by atoms with E-state index in [1.54, 1.807) is 0 Å². The van der Waals surface area contributed by atoms with E-state index in [0.29, 0.717) is 12.0 Å². The van der Waals surface area contributed by atoms with E-state index in [1.807, 2.05) is 26.0 Å². The standard InChI is InChI=1S/C16H22FNO2/c1-10(2)15(16(19)20-3)18-14-8-12(9-14)11-4-6-13(17)7-5-11/h4-7,10,12,14-15,18H,8-9H2,1-3H3. The van der Waals surface area contributed by atoms with Crippen molar-refractivity contribution in [2.75, 3.05) is 7.11 Å². The van der Waals surface area contributed by atoms with Crippen LogP contribution in [0.2, 0.25) is 0 Å². The van der Waals surface area contributed by atoms with Crippen LogP contribution in [0.15, 0.2) is 24.3 Å². The summed E-state index contributed by atoms with van der Waals surface area (Å²) >= 11 is 0. The minimum absolute atomic E-state index is 0.201. The van der Waals surface area contributed by atoms with Crippen molar-refractivity contribution in [2.45, 2.75) is 44.7 Å². The number of methoxy groups -OCH3 is 1. The van der Waals surface area contributed by atoms with E-state index in [0.717, 1.165) is 12.8 Å². The molecule has 20 heavy (non-hydrogen) atoms. The van der Waals surface area contributed by atoms with Gasteiger partial charge < -0.3 is 10.1 Å². The van der Waals surface area contributed by atoms with E-state index in [2.05, 4.69) is 5.32 Å². The van der Waals surface area contributed by atoms with Crippen LogP contribution in [0.25, 0.3) is 0 Å². The molecule has 0 aromatic heterocycles. The number of esters is 1. The maximum Gasteiger partial charge on any atom is 0.323 e. The Morgan fingerprint density at radius 1 is 1.30 bits per heavy atom. The van der Waals surface area contributed by atoms with Gasteiger partial charge >= 0.3 is 5.97 Å². The molecule has 0 aliphatic heterocycles. The van der Waals surface area contributed by atoms with Crippen LogP contribution in [0, 0.1) is 11.7 Å². The first-order valence-corrected chi connectivity index (χ1v) is 7.10. The molecule has 1 aliphatic carbocycles. The van der Waals surface area contributed by atoms with Crippen molar-refractivity contribution in [3.63, 3.8) is 0 Å². The highest BCUT2D eigenvalue weighted by Gasteiger charge is 2.34. The lowest BCUT2D eigenvalue weighted by molar-refractivity contribution is -0.144. The largest absolute Gasteiger partial charge is 0.468 e. The lowest BCUT2D eigenvalue weighted by atomic mass is 9.75. The van der Waals surface area contributed by atoms with E-state index < -0.39 is 0 Å². The van der Waals surface area contributed by atoms with Gasteiger partial charge in [0.25, 0.3) is 0 Å². The monoisotopic (exact) mass is 279 g/mol. The van der Waals surface area contributed by atoms with Crippen LogP contribution in [-0.2, 0) is 9.53 Å². The third kappa shape index (κ3) is 3.37. The molecule has 1 aromatic carbocycles. The quantitative estimate of drug-likeness (QED) is 0.842. The van der Waals surface area contributed by atoms with Gasteiger partial charge in [0.15, 0.2) is 0 Å². The highest BCUT2D eigenvalue weighted by Crippen LogP contribution is 2.37. The second kappa shape index (κ2) is 6.35. The molecule has 3 nitrogen and oxygen atoms in total. The van der Waals surface area contributed by atoms with Crippen molar-refractivity contribution in [3.8, 4) is 0 Å². The molecule has 2 rings (SSSR count). The first-order valence-electron chi connectivity index (χ1n) is 7.10. The molecular weight excluding hydrogens is 257 g/mol. The van der Waals surface area contributed by atoms with Gasteiger partial charge in [-0.05, 0) is 42.4 Å². The summed E-state index contributed by atoms with van der Waals surface area (Å²) < 4.78 is 17.7. The third-order valence-corrected chi connectivity index (χ3v) is 4.02. The number of benzene rings is 1. The average Bonchev–Trinajstić information content (AvgIpc) is 2.38. The minimum atomic E-state index is -0.251. The number of nitrogens with one attached hydrogen (secondary N) is 1. The molecule has 0 radical (unpaired) electrons. The van der Waals surface area contributed by atoms with Gasteiger partial charge in [-0.25, -0.2) is 4.39 Å². The lowest BCUT2D eigenvalue weighted by Crippen LogP contribution is -2.51. The van der Waals surface area contributed by atoms with Gasteiger partial charge in [0, 0.05) is 6.04 Å². The van der Waals surface area contributed by atoms with E-state index in [-0.39, 0.29) is 23.7 Å². The summed E-state index contributed by atoms with van der Waals surface area (Å²) in [5.41, 5.74) is 1.17. The smallest absolute Gasteiger partial charge is 0.323 e. The molecule has 110 valence electrons. The highest BCUT2D eigenvalue weighted by molar-refractivity contribution is 5.76. The second-order valence-electron chi connectivity index (χ2n) is 5.83. The summed E-state index contributed by atoms with van der Waals surface area (Å²) in [7, 11) is 1.42. The molecule has 1 aliphatic rings. The van der Waals surface area contributed by atoms with Crippen LogP contribution in [0.4, 0.5) is 4.39 Å². The van der Waals surface area contributed by atoms with Gasteiger partial charge in [0.2, 0.25) is 0 Å². The average molecular weight is 279 g/mol. The zero-order valence-corrected chi connectivity index (χ0v) is 12.2. The first kappa shape index (κ1) is 15.0. The Labute approximate surface area is 119 Å². The molecular formula is C16H22FNO2. The van der Waals surface area contributed by atoms with E-state index in [1.165, 1.54) is 24.8 Å². The molecule has 0 heterocycles. The predicted molar refractivity (Wildman–Crippen MR) is 75.9 cm³/mol. The number of hydrogen-bond acceptors (Lipinski definition) is 3. The number of rotatable bonds is 5. The molecule has 0 saturated heterocycles. The Morgan fingerprint density at radius 3 is 2.40 bits per heavy atom. The minimum Gasteiger partial charge on any atom is -0.468 e.